The van der Waals surface area contributed by atoms with Gasteiger partial charge in [0.1, 0.15) is 0 Å². The van der Waals surface area contributed by atoms with Crippen LogP contribution in [-0.2, 0) is 9.59 Å². The van der Waals surface area contributed by atoms with E-state index in [1.54, 1.807) is 32.0 Å². The van der Waals surface area contributed by atoms with Crippen molar-refractivity contribution in [1.29, 1.82) is 0 Å². The van der Waals surface area contributed by atoms with E-state index in [9.17, 15) is 9.59 Å². The van der Waals surface area contributed by atoms with Crippen molar-refractivity contribution < 1.29 is 14.7 Å². The van der Waals surface area contributed by atoms with E-state index < -0.39 is 23.2 Å². The van der Waals surface area contributed by atoms with Crippen LogP contribution in [0.25, 0.3) is 0 Å². The molecular formula is C13H13BrClNO3. The number of nitrogens with one attached hydrogen (secondary N) is 1. The lowest BCUT2D eigenvalue weighted by Crippen LogP contribution is -2.18. The number of rotatable bonds is 3. The molecule has 102 valence electrons. The molecule has 1 aliphatic carbocycles. The molecule has 1 fully saturated rings. The first-order chi connectivity index (χ1) is 8.76. The lowest BCUT2D eigenvalue weighted by Gasteiger charge is -2.09. The van der Waals surface area contributed by atoms with Gasteiger partial charge in [-0.3, -0.25) is 9.59 Å². The smallest absolute Gasteiger partial charge is 0.307 e. The Hall–Kier alpha value is -1.07. The number of anilines is 1. The minimum Gasteiger partial charge on any atom is -0.481 e. The molecule has 0 aromatic heterocycles. The third kappa shape index (κ3) is 2.49. The number of benzene rings is 1. The minimum absolute atomic E-state index is 0.291. The maximum atomic E-state index is 12.1. The van der Waals surface area contributed by atoms with Crippen LogP contribution in [0.1, 0.15) is 13.8 Å². The monoisotopic (exact) mass is 345 g/mol. The zero-order chi connectivity index (χ0) is 14.4. The first-order valence-corrected chi connectivity index (χ1v) is 6.91. The molecule has 0 spiro atoms. The number of hydrogen-bond acceptors (Lipinski definition) is 2. The molecule has 0 saturated heterocycles. The molecule has 0 radical (unpaired) electrons. The van der Waals surface area contributed by atoms with Crippen LogP contribution in [0.2, 0.25) is 5.02 Å². The molecule has 2 atom stereocenters. The van der Waals surface area contributed by atoms with Crippen molar-refractivity contribution in [3.63, 3.8) is 0 Å². The van der Waals surface area contributed by atoms with E-state index in [0.29, 0.717) is 15.2 Å². The molecule has 0 aliphatic heterocycles. The molecule has 4 nitrogen and oxygen atoms in total. The summed E-state index contributed by atoms with van der Waals surface area (Å²) in [4.78, 5) is 23.2. The molecule has 19 heavy (non-hydrogen) atoms. The molecule has 1 aromatic carbocycles. The Morgan fingerprint density at radius 1 is 1.37 bits per heavy atom. The van der Waals surface area contributed by atoms with E-state index in [-0.39, 0.29) is 5.91 Å². The molecule has 0 unspecified atom stereocenters. The van der Waals surface area contributed by atoms with Crippen LogP contribution in [0.15, 0.2) is 22.7 Å². The largest absolute Gasteiger partial charge is 0.481 e. The number of amides is 1. The SMILES string of the molecule is CC1(C)[C@H](C(=O)O)[C@@H]1C(=O)Nc1cccc(Cl)c1Br. The Morgan fingerprint density at radius 2 is 2.00 bits per heavy atom. The average molecular weight is 347 g/mol. The van der Waals surface area contributed by atoms with Crippen molar-refractivity contribution in [3.8, 4) is 0 Å². The Morgan fingerprint density at radius 3 is 2.53 bits per heavy atom. The summed E-state index contributed by atoms with van der Waals surface area (Å²) in [6.45, 7) is 3.56. The van der Waals surface area contributed by atoms with Crippen molar-refractivity contribution in [1.82, 2.24) is 0 Å². The van der Waals surface area contributed by atoms with Crippen molar-refractivity contribution >= 4 is 45.1 Å². The quantitative estimate of drug-likeness (QED) is 0.881. The molecule has 0 heterocycles. The highest BCUT2D eigenvalue weighted by Gasteiger charge is 2.65. The van der Waals surface area contributed by atoms with Gasteiger partial charge in [-0.1, -0.05) is 31.5 Å². The van der Waals surface area contributed by atoms with Gasteiger partial charge in [-0.2, -0.15) is 0 Å². The third-order valence-corrected chi connectivity index (χ3v) is 4.98. The summed E-state index contributed by atoms with van der Waals surface area (Å²) >= 11 is 9.22. The summed E-state index contributed by atoms with van der Waals surface area (Å²) in [6.07, 6.45) is 0. The van der Waals surface area contributed by atoms with E-state index in [1.165, 1.54) is 0 Å². The van der Waals surface area contributed by atoms with Crippen LogP contribution < -0.4 is 5.32 Å². The van der Waals surface area contributed by atoms with Crippen LogP contribution >= 0.6 is 27.5 Å². The number of carboxylic acid groups (broad SMARTS) is 1. The molecule has 1 amide bonds. The Labute approximate surface area is 124 Å². The lowest BCUT2D eigenvalue weighted by atomic mass is 10.1. The number of hydrogen-bond donors (Lipinski definition) is 2. The number of aliphatic carboxylic acids is 1. The summed E-state index contributed by atoms with van der Waals surface area (Å²) in [5.74, 6) is -2.38. The van der Waals surface area contributed by atoms with Crippen LogP contribution in [0, 0.1) is 17.3 Å². The van der Waals surface area contributed by atoms with Gasteiger partial charge in [0, 0.05) is 0 Å². The minimum atomic E-state index is -0.935. The molecular weight excluding hydrogens is 334 g/mol. The van der Waals surface area contributed by atoms with Gasteiger partial charge in [-0.25, -0.2) is 0 Å². The molecule has 2 rings (SSSR count). The predicted molar refractivity (Wildman–Crippen MR) is 76.2 cm³/mol. The fourth-order valence-corrected chi connectivity index (χ4v) is 2.94. The van der Waals surface area contributed by atoms with Crippen molar-refractivity contribution in [2.24, 2.45) is 17.3 Å². The van der Waals surface area contributed by atoms with Gasteiger partial charge in [0.15, 0.2) is 0 Å². The first kappa shape index (κ1) is 14.3. The lowest BCUT2D eigenvalue weighted by molar-refractivity contribution is -0.140. The van der Waals surface area contributed by atoms with Gasteiger partial charge in [0.25, 0.3) is 0 Å². The topological polar surface area (TPSA) is 66.4 Å². The fraction of sp³-hybridized carbons (Fsp3) is 0.385. The van der Waals surface area contributed by atoms with Gasteiger partial charge in [-0.05, 0) is 33.5 Å². The summed E-state index contributed by atoms with van der Waals surface area (Å²) in [7, 11) is 0. The Bertz CT molecular complexity index is 559. The number of carbonyl (C=O) groups excluding carboxylic acids is 1. The highest BCUT2D eigenvalue weighted by molar-refractivity contribution is 9.10. The first-order valence-electron chi connectivity index (χ1n) is 5.74. The maximum absolute atomic E-state index is 12.1. The second-order valence-electron chi connectivity index (χ2n) is 5.21. The summed E-state index contributed by atoms with van der Waals surface area (Å²) in [5, 5.41) is 12.3. The number of carbonyl (C=O) groups is 2. The average Bonchev–Trinajstić information content (AvgIpc) is 2.88. The highest BCUT2D eigenvalue weighted by atomic mass is 79.9. The van der Waals surface area contributed by atoms with Gasteiger partial charge in [0.05, 0.1) is 27.0 Å². The third-order valence-electron chi connectivity index (χ3n) is 3.59. The van der Waals surface area contributed by atoms with Gasteiger partial charge >= 0.3 is 5.97 Å². The van der Waals surface area contributed by atoms with E-state index in [4.69, 9.17) is 16.7 Å². The zero-order valence-corrected chi connectivity index (χ0v) is 12.7. The van der Waals surface area contributed by atoms with E-state index in [0.717, 1.165) is 0 Å². The normalized spacial score (nSPS) is 23.8. The molecule has 1 aliphatic rings. The molecule has 2 N–H and O–H groups in total. The van der Waals surface area contributed by atoms with Crippen molar-refractivity contribution in [2.45, 2.75) is 13.8 Å². The van der Waals surface area contributed by atoms with Gasteiger partial charge < -0.3 is 10.4 Å². The molecule has 1 saturated carbocycles. The second kappa shape index (κ2) is 4.80. The number of carboxylic acids is 1. The highest BCUT2D eigenvalue weighted by Crippen LogP contribution is 2.58. The van der Waals surface area contributed by atoms with Crippen LogP contribution in [0.4, 0.5) is 5.69 Å². The standard InChI is InChI=1S/C13H13BrClNO3/c1-13(2)8(9(13)12(18)19)11(17)16-7-5-3-4-6(15)10(7)14/h3-5,8-9H,1-2H3,(H,16,17)(H,18,19)/t8-,9+/m1/s1. The van der Waals surface area contributed by atoms with E-state index in [2.05, 4.69) is 21.2 Å². The van der Waals surface area contributed by atoms with Crippen LogP contribution in [0.5, 0.6) is 0 Å². The van der Waals surface area contributed by atoms with E-state index in [1.807, 2.05) is 0 Å². The van der Waals surface area contributed by atoms with Gasteiger partial charge in [0.2, 0.25) is 5.91 Å². The maximum Gasteiger partial charge on any atom is 0.307 e. The van der Waals surface area contributed by atoms with Crippen LogP contribution in [0.3, 0.4) is 0 Å². The zero-order valence-electron chi connectivity index (χ0n) is 10.4. The Balaban J connectivity index is 2.15. The van der Waals surface area contributed by atoms with Crippen molar-refractivity contribution in [2.75, 3.05) is 5.32 Å². The summed E-state index contributed by atoms with van der Waals surface area (Å²) in [6, 6.07) is 5.12. The molecule has 6 heteroatoms. The van der Waals surface area contributed by atoms with Gasteiger partial charge in [-0.15, -0.1) is 0 Å². The molecule has 1 aromatic rings. The van der Waals surface area contributed by atoms with Crippen molar-refractivity contribution in [3.05, 3.63) is 27.7 Å². The summed E-state index contributed by atoms with van der Waals surface area (Å²) < 4.78 is 0.593. The second-order valence-corrected chi connectivity index (χ2v) is 6.41. The number of halogens is 2. The van der Waals surface area contributed by atoms with Crippen LogP contribution in [-0.4, -0.2) is 17.0 Å². The fourth-order valence-electron chi connectivity index (χ4n) is 2.40. The predicted octanol–water partition coefficient (Wildman–Crippen LogP) is 3.40. The molecule has 0 bridgehead atoms. The Kier molecular flexibility index (Phi) is 3.62. The van der Waals surface area contributed by atoms with E-state index >= 15 is 0 Å². The summed E-state index contributed by atoms with van der Waals surface area (Å²) in [5.41, 5.74) is 0.0328.